The van der Waals surface area contributed by atoms with Gasteiger partial charge in [0.15, 0.2) is 0 Å². The zero-order chi connectivity index (χ0) is 13.0. The molecule has 0 bridgehead atoms. The standard InChI is InChI=1S/C14H18BrNO2/c1-18-14(17)13(12-8-4-5-9-16-12)10-6-2-3-7-11(10)15/h2-3,6-7,12-13,16H,4-5,8-9H2,1H3/t12-,13+/m0/s1. The zero-order valence-electron chi connectivity index (χ0n) is 10.5. The minimum atomic E-state index is -0.231. The summed E-state index contributed by atoms with van der Waals surface area (Å²) in [6.45, 7) is 0.975. The molecule has 0 aromatic heterocycles. The average molecular weight is 312 g/mol. The second-order valence-electron chi connectivity index (χ2n) is 4.58. The van der Waals surface area contributed by atoms with E-state index in [1.54, 1.807) is 0 Å². The molecule has 1 aromatic carbocycles. The lowest BCUT2D eigenvalue weighted by Crippen LogP contribution is -2.42. The summed E-state index contributed by atoms with van der Waals surface area (Å²) in [6.07, 6.45) is 3.36. The number of hydrogen-bond donors (Lipinski definition) is 1. The molecule has 0 unspecified atom stereocenters. The molecule has 1 saturated heterocycles. The van der Waals surface area contributed by atoms with Gasteiger partial charge in [0.25, 0.3) is 0 Å². The molecule has 3 nitrogen and oxygen atoms in total. The van der Waals surface area contributed by atoms with Crippen LogP contribution in [-0.4, -0.2) is 25.7 Å². The van der Waals surface area contributed by atoms with Gasteiger partial charge in [-0.25, -0.2) is 0 Å². The summed E-state index contributed by atoms with van der Waals surface area (Å²) in [6, 6.07) is 8.04. The topological polar surface area (TPSA) is 38.3 Å². The quantitative estimate of drug-likeness (QED) is 0.872. The molecule has 2 rings (SSSR count). The highest BCUT2D eigenvalue weighted by atomic mass is 79.9. The van der Waals surface area contributed by atoms with Crippen molar-refractivity contribution in [3.63, 3.8) is 0 Å². The van der Waals surface area contributed by atoms with Crippen LogP contribution in [0.1, 0.15) is 30.7 Å². The molecule has 0 aliphatic carbocycles. The van der Waals surface area contributed by atoms with Crippen molar-refractivity contribution in [2.24, 2.45) is 0 Å². The maximum atomic E-state index is 12.1. The molecule has 0 radical (unpaired) electrons. The summed E-state index contributed by atoms with van der Waals surface area (Å²) in [7, 11) is 1.45. The first-order chi connectivity index (χ1) is 8.74. The number of carbonyl (C=O) groups is 1. The number of esters is 1. The largest absolute Gasteiger partial charge is 0.469 e. The Balaban J connectivity index is 2.30. The van der Waals surface area contributed by atoms with E-state index in [-0.39, 0.29) is 17.9 Å². The number of hydrogen-bond acceptors (Lipinski definition) is 3. The molecule has 1 fully saturated rings. The number of nitrogens with one attached hydrogen (secondary N) is 1. The van der Waals surface area contributed by atoms with Gasteiger partial charge in [-0.15, -0.1) is 0 Å². The van der Waals surface area contributed by atoms with Crippen LogP contribution in [0, 0.1) is 0 Å². The van der Waals surface area contributed by atoms with Crippen LogP contribution < -0.4 is 5.32 Å². The van der Waals surface area contributed by atoms with E-state index in [1.807, 2.05) is 24.3 Å². The fourth-order valence-corrected chi connectivity index (χ4v) is 3.06. The smallest absolute Gasteiger partial charge is 0.314 e. The van der Waals surface area contributed by atoms with Crippen molar-refractivity contribution in [3.8, 4) is 0 Å². The number of rotatable bonds is 3. The summed E-state index contributed by atoms with van der Waals surface area (Å²) >= 11 is 3.53. The molecule has 1 heterocycles. The van der Waals surface area contributed by atoms with Crippen LogP contribution in [0.2, 0.25) is 0 Å². The SMILES string of the molecule is COC(=O)[C@H](c1ccccc1Br)[C@@H]1CCCCN1. The van der Waals surface area contributed by atoms with Gasteiger partial charge in [0, 0.05) is 10.5 Å². The summed E-state index contributed by atoms with van der Waals surface area (Å²) in [5.74, 6) is -0.396. The fourth-order valence-electron chi connectivity index (χ4n) is 2.53. The van der Waals surface area contributed by atoms with Crippen molar-refractivity contribution >= 4 is 21.9 Å². The van der Waals surface area contributed by atoms with E-state index in [0.29, 0.717) is 0 Å². The van der Waals surface area contributed by atoms with Crippen LogP contribution >= 0.6 is 15.9 Å². The minimum absolute atomic E-state index is 0.165. The highest BCUT2D eigenvalue weighted by molar-refractivity contribution is 9.10. The third kappa shape index (κ3) is 2.93. The fraction of sp³-hybridized carbons (Fsp3) is 0.500. The molecular weight excluding hydrogens is 294 g/mol. The predicted molar refractivity (Wildman–Crippen MR) is 74.5 cm³/mol. The van der Waals surface area contributed by atoms with Gasteiger partial charge in [-0.2, -0.15) is 0 Å². The van der Waals surface area contributed by atoms with Gasteiger partial charge in [-0.3, -0.25) is 4.79 Å². The molecule has 1 aliphatic heterocycles. The zero-order valence-corrected chi connectivity index (χ0v) is 12.1. The van der Waals surface area contributed by atoms with E-state index in [1.165, 1.54) is 13.5 Å². The van der Waals surface area contributed by atoms with Crippen molar-refractivity contribution < 1.29 is 9.53 Å². The first-order valence-electron chi connectivity index (χ1n) is 6.29. The third-order valence-electron chi connectivity index (χ3n) is 3.45. The van der Waals surface area contributed by atoms with Crippen molar-refractivity contribution in [2.75, 3.05) is 13.7 Å². The van der Waals surface area contributed by atoms with Crippen LogP contribution in [0.3, 0.4) is 0 Å². The molecular formula is C14H18BrNO2. The van der Waals surface area contributed by atoms with E-state index in [4.69, 9.17) is 4.74 Å². The van der Waals surface area contributed by atoms with E-state index < -0.39 is 0 Å². The summed E-state index contributed by atoms with van der Waals surface area (Å²) in [5, 5.41) is 3.44. The highest BCUT2D eigenvalue weighted by Crippen LogP contribution is 2.31. The normalized spacial score (nSPS) is 21.3. The first kappa shape index (κ1) is 13.6. The molecule has 1 aromatic rings. The Morgan fingerprint density at radius 2 is 2.22 bits per heavy atom. The number of piperidine rings is 1. The number of carbonyl (C=O) groups excluding carboxylic acids is 1. The Morgan fingerprint density at radius 3 is 2.83 bits per heavy atom. The highest BCUT2D eigenvalue weighted by Gasteiger charge is 2.32. The molecule has 1 aliphatic rings. The van der Waals surface area contributed by atoms with Gasteiger partial charge in [-0.05, 0) is 31.0 Å². The second kappa shape index (κ2) is 6.34. The van der Waals surface area contributed by atoms with Crippen molar-refractivity contribution in [1.29, 1.82) is 0 Å². The Hall–Kier alpha value is -0.870. The summed E-state index contributed by atoms with van der Waals surface area (Å²) < 4.78 is 5.94. The Morgan fingerprint density at radius 1 is 1.44 bits per heavy atom. The minimum Gasteiger partial charge on any atom is -0.469 e. The third-order valence-corrected chi connectivity index (χ3v) is 4.17. The van der Waals surface area contributed by atoms with E-state index >= 15 is 0 Å². The number of methoxy groups -OCH3 is 1. The molecule has 0 amide bonds. The number of halogens is 1. The Bertz CT molecular complexity index is 416. The van der Waals surface area contributed by atoms with Crippen LogP contribution in [0.5, 0.6) is 0 Å². The lowest BCUT2D eigenvalue weighted by molar-refractivity contribution is -0.143. The Kier molecular flexibility index (Phi) is 4.78. The Labute approximate surface area is 116 Å². The van der Waals surface area contributed by atoms with E-state index in [0.717, 1.165) is 29.4 Å². The number of ether oxygens (including phenoxy) is 1. The summed E-state index contributed by atoms with van der Waals surface area (Å²) in [4.78, 5) is 12.1. The summed E-state index contributed by atoms with van der Waals surface area (Å²) in [5.41, 5.74) is 1.00. The molecule has 1 N–H and O–H groups in total. The van der Waals surface area contributed by atoms with Gasteiger partial charge in [0.05, 0.1) is 13.0 Å². The maximum Gasteiger partial charge on any atom is 0.314 e. The molecule has 4 heteroatoms. The van der Waals surface area contributed by atoms with Gasteiger partial charge in [0.2, 0.25) is 0 Å². The van der Waals surface area contributed by atoms with Crippen LogP contribution in [0.4, 0.5) is 0 Å². The van der Waals surface area contributed by atoms with E-state index in [9.17, 15) is 4.79 Å². The second-order valence-corrected chi connectivity index (χ2v) is 5.43. The monoisotopic (exact) mass is 311 g/mol. The lowest BCUT2D eigenvalue weighted by atomic mass is 9.86. The molecule has 2 atom stereocenters. The van der Waals surface area contributed by atoms with Crippen LogP contribution in [-0.2, 0) is 9.53 Å². The van der Waals surface area contributed by atoms with Crippen molar-refractivity contribution in [1.82, 2.24) is 5.32 Å². The van der Waals surface area contributed by atoms with Gasteiger partial charge >= 0.3 is 5.97 Å². The van der Waals surface area contributed by atoms with Crippen molar-refractivity contribution in [2.45, 2.75) is 31.2 Å². The molecule has 18 heavy (non-hydrogen) atoms. The van der Waals surface area contributed by atoms with Gasteiger partial charge < -0.3 is 10.1 Å². The molecule has 0 saturated carbocycles. The number of benzene rings is 1. The van der Waals surface area contributed by atoms with Crippen LogP contribution in [0.15, 0.2) is 28.7 Å². The average Bonchev–Trinajstić information content (AvgIpc) is 2.42. The van der Waals surface area contributed by atoms with Crippen LogP contribution in [0.25, 0.3) is 0 Å². The lowest BCUT2D eigenvalue weighted by Gasteiger charge is -2.30. The molecule has 98 valence electrons. The first-order valence-corrected chi connectivity index (χ1v) is 7.09. The van der Waals surface area contributed by atoms with Gasteiger partial charge in [-0.1, -0.05) is 40.5 Å². The predicted octanol–water partition coefficient (Wildman–Crippen LogP) is 2.85. The maximum absolute atomic E-state index is 12.1. The van der Waals surface area contributed by atoms with Crippen molar-refractivity contribution in [3.05, 3.63) is 34.3 Å². The molecule has 0 spiro atoms. The van der Waals surface area contributed by atoms with E-state index in [2.05, 4.69) is 21.2 Å². The van der Waals surface area contributed by atoms with Gasteiger partial charge in [0.1, 0.15) is 0 Å².